The molecule has 1 N–H and O–H groups in total. The summed E-state index contributed by atoms with van der Waals surface area (Å²) >= 11 is 6.12. The predicted molar refractivity (Wildman–Crippen MR) is 76.6 cm³/mol. The van der Waals surface area contributed by atoms with Gasteiger partial charge in [-0.2, -0.15) is 0 Å². The second kappa shape index (κ2) is 5.70. The van der Waals surface area contributed by atoms with Crippen LogP contribution in [0.2, 0.25) is 5.02 Å². The Labute approximate surface area is 125 Å². The van der Waals surface area contributed by atoms with Crippen LogP contribution in [-0.4, -0.2) is 6.04 Å². The first-order valence-corrected chi connectivity index (χ1v) is 7.09. The lowest BCUT2D eigenvalue weighted by atomic mass is 10.0. The van der Waals surface area contributed by atoms with Gasteiger partial charge in [-0.1, -0.05) is 23.7 Å². The Morgan fingerprint density at radius 3 is 2.29 bits per heavy atom. The Bertz CT molecular complexity index is 660. The Morgan fingerprint density at radius 1 is 1.05 bits per heavy atom. The van der Waals surface area contributed by atoms with Crippen molar-refractivity contribution in [1.82, 2.24) is 5.32 Å². The van der Waals surface area contributed by atoms with Crippen LogP contribution < -0.4 is 5.32 Å². The molecular weight excluding hydrogens is 299 g/mol. The molecule has 1 nitrogen and oxygen atoms in total. The highest BCUT2D eigenvalue weighted by Gasteiger charge is 2.20. The smallest absolute Gasteiger partial charge is 0.136 e. The van der Waals surface area contributed by atoms with Crippen molar-refractivity contribution in [2.75, 3.05) is 0 Å². The summed E-state index contributed by atoms with van der Waals surface area (Å²) in [6.45, 7) is 0.666. The van der Waals surface area contributed by atoms with Crippen LogP contribution in [0.25, 0.3) is 11.1 Å². The Morgan fingerprint density at radius 2 is 1.71 bits per heavy atom. The van der Waals surface area contributed by atoms with Gasteiger partial charge in [0.1, 0.15) is 17.5 Å². The van der Waals surface area contributed by atoms with Crippen molar-refractivity contribution in [3.8, 4) is 11.1 Å². The second-order valence-corrected chi connectivity index (χ2v) is 5.62. The Hall–Kier alpha value is -1.52. The third-order valence-electron chi connectivity index (χ3n) is 3.48. The molecule has 0 heterocycles. The van der Waals surface area contributed by atoms with E-state index >= 15 is 0 Å². The maximum Gasteiger partial charge on any atom is 0.136 e. The van der Waals surface area contributed by atoms with Gasteiger partial charge in [0.15, 0.2) is 0 Å². The van der Waals surface area contributed by atoms with Crippen molar-refractivity contribution in [1.29, 1.82) is 0 Å². The molecule has 0 unspecified atom stereocenters. The molecule has 2 aromatic carbocycles. The number of nitrogens with one attached hydrogen (secondary N) is 1. The molecule has 0 radical (unpaired) electrons. The molecule has 1 aliphatic rings. The molecule has 0 atom stereocenters. The molecule has 3 rings (SSSR count). The van der Waals surface area contributed by atoms with Crippen LogP contribution in [0.1, 0.15) is 18.4 Å². The second-order valence-electron chi connectivity index (χ2n) is 5.21. The van der Waals surface area contributed by atoms with Gasteiger partial charge < -0.3 is 5.32 Å². The topological polar surface area (TPSA) is 12.0 Å². The lowest BCUT2D eigenvalue weighted by Crippen LogP contribution is -2.15. The fraction of sp³-hybridized carbons (Fsp3) is 0.250. The molecule has 0 aliphatic heterocycles. The van der Waals surface area contributed by atoms with E-state index in [0.29, 0.717) is 24.7 Å². The van der Waals surface area contributed by atoms with Crippen molar-refractivity contribution >= 4 is 11.6 Å². The summed E-state index contributed by atoms with van der Waals surface area (Å²) in [6.07, 6.45) is 2.36. The summed E-state index contributed by atoms with van der Waals surface area (Å²) in [4.78, 5) is 0. The molecule has 0 saturated heterocycles. The van der Waals surface area contributed by atoms with Gasteiger partial charge in [0.25, 0.3) is 0 Å². The molecule has 0 aromatic heterocycles. The van der Waals surface area contributed by atoms with Gasteiger partial charge in [0, 0.05) is 35.3 Å². The van der Waals surface area contributed by atoms with Crippen LogP contribution in [0.4, 0.5) is 13.2 Å². The first-order chi connectivity index (χ1) is 10.0. The van der Waals surface area contributed by atoms with Crippen molar-refractivity contribution in [3.63, 3.8) is 0 Å². The van der Waals surface area contributed by atoms with E-state index in [4.69, 9.17) is 11.6 Å². The number of rotatable bonds is 4. The fourth-order valence-electron chi connectivity index (χ4n) is 2.22. The van der Waals surface area contributed by atoms with Gasteiger partial charge in [-0.25, -0.2) is 13.2 Å². The quantitative estimate of drug-likeness (QED) is 0.864. The van der Waals surface area contributed by atoms with E-state index in [2.05, 4.69) is 5.32 Å². The third kappa shape index (κ3) is 3.22. The van der Waals surface area contributed by atoms with Crippen LogP contribution in [-0.2, 0) is 6.54 Å². The molecule has 0 spiro atoms. The SMILES string of the molecule is Fc1cc(F)c(-c2ccc(CNC3CC3)cc2Cl)c(F)c1. The molecule has 2 aromatic rings. The number of halogens is 4. The molecule has 21 heavy (non-hydrogen) atoms. The molecule has 1 fully saturated rings. The van der Waals surface area contributed by atoms with E-state index in [-0.39, 0.29) is 16.1 Å². The molecule has 5 heteroatoms. The van der Waals surface area contributed by atoms with E-state index in [0.717, 1.165) is 5.56 Å². The lowest BCUT2D eigenvalue weighted by Gasteiger charge is -2.10. The standard InChI is InChI=1S/C16H13ClF3N/c17-13-5-9(8-21-11-2-3-11)1-4-12(13)16-14(19)6-10(18)7-15(16)20/h1,4-7,11,21H,2-3,8H2. The minimum atomic E-state index is -0.960. The Kier molecular flexibility index (Phi) is 3.91. The third-order valence-corrected chi connectivity index (χ3v) is 3.79. The number of benzene rings is 2. The highest BCUT2D eigenvalue weighted by Crippen LogP contribution is 2.33. The maximum atomic E-state index is 13.8. The summed E-state index contributed by atoms with van der Waals surface area (Å²) in [6, 6.07) is 6.86. The molecule has 1 saturated carbocycles. The molecule has 0 amide bonds. The van der Waals surface area contributed by atoms with Crippen LogP contribution in [0.5, 0.6) is 0 Å². The first kappa shape index (κ1) is 14.4. The average Bonchev–Trinajstić information content (AvgIpc) is 3.21. The summed E-state index contributed by atoms with van der Waals surface area (Å²) < 4.78 is 40.5. The van der Waals surface area contributed by atoms with Crippen molar-refractivity contribution in [3.05, 3.63) is 58.4 Å². The fourth-order valence-corrected chi connectivity index (χ4v) is 2.52. The Balaban J connectivity index is 1.91. The molecule has 1 aliphatic carbocycles. The van der Waals surface area contributed by atoms with Crippen LogP contribution in [0.3, 0.4) is 0 Å². The van der Waals surface area contributed by atoms with E-state index in [9.17, 15) is 13.2 Å². The van der Waals surface area contributed by atoms with Gasteiger partial charge >= 0.3 is 0 Å². The van der Waals surface area contributed by atoms with E-state index < -0.39 is 17.5 Å². The van der Waals surface area contributed by atoms with Gasteiger partial charge in [-0.15, -0.1) is 0 Å². The van der Waals surface area contributed by atoms with Gasteiger partial charge in [-0.05, 0) is 24.5 Å². The highest BCUT2D eigenvalue weighted by molar-refractivity contribution is 6.33. The van der Waals surface area contributed by atoms with Crippen molar-refractivity contribution in [2.24, 2.45) is 0 Å². The number of hydrogen-bond acceptors (Lipinski definition) is 1. The summed E-state index contributed by atoms with van der Waals surface area (Å²) in [5.74, 6) is -2.87. The predicted octanol–water partition coefficient (Wildman–Crippen LogP) is 4.68. The maximum absolute atomic E-state index is 13.8. The van der Waals surface area contributed by atoms with Gasteiger partial charge in [0.2, 0.25) is 0 Å². The zero-order chi connectivity index (χ0) is 15.0. The van der Waals surface area contributed by atoms with Gasteiger partial charge in [-0.3, -0.25) is 0 Å². The van der Waals surface area contributed by atoms with Crippen molar-refractivity contribution < 1.29 is 13.2 Å². The minimum Gasteiger partial charge on any atom is -0.310 e. The zero-order valence-electron chi connectivity index (χ0n) is 11.1. The van der Waals surface area contributed by atoms with E-state index in [1.807, 2.05) is 0 Å². The van der Waals surface area contributed by atoms with Crippen LogP contribution in [0.15, 0.2) is 30.3 Å². The molecular formula is C16H13ClF3N. The monoisotopic (exact) mass is 311 g/mol. The van der Waals surface area contributed by atoms with Gasteiger partial charge in [0.05, 0.1) is 5.56 Å². The minimum absolute atomic E-state index is 0.224. The normalized spacial score (nSPS) is 14.5. The average molecular weight is 312 g/mol. The highest BCUT2D eigenvalue weighted by atomic mass is 35.5. The molecule has 0 bridgehead atoms. The zero-order valence-corrected chi connectivity index (χ0v) is 11.9. The van der Waals surface area contributed by atoms with E-state index in [1.54, 1.807) is 18.2 Å². The first-order valence-electron chi connectivity index (χ1n) is 6.71. The van der Waals surface area contributed by atoms with Crippen LogP contribution in [0, 0.1) is 17.5 Å². The summed E-state index contributed by atoms with van der Waals surface area (Å²) in [5, 5.41) is 3.58. The lowest BCUT2D eigenvalue weighted by molar-refractivity contribution is 0.548. The number of hydrogen-bond donors (Lipinski definition) is 1. The largest absolute Gasteiger partial charge is 0.310 e. The summed E-state index contributed by atoms with van der Waals surface area (Å²) in [7, 11) is 0. The summed E-state index contributed by atoms with van der Waals surface area (Å²) in [5.41, 5.74) is 0.864. The van der Waals surface area contributed by atoms with Crippen molar-refractivity contribution in [2.45, 2.75) is 25.4 Å². The molecule has 110 valence electrons. The van der Waals surface area contributed by atoms with E-state index in [1.165, 1.54) is 12.8 Å². The van der Waals surface area contributed by atoms with Crippen LogP contribution >= 0.6 is 11.6 Å².